The van der Waals surface area contributed by atoms with Gasteiger partial charge in [-0.05, 0) is 31.7 Å². The van der Waals surface area contributed by atoms with Crippen molar-refractivity contribution in [3.63, 3.8) is 0 Å². The Hall–Kier alpha value is -2.96. The van der Waals surface area contributed by atoms with E-state index in [1.54, 1.807) is 20.0 Å². The Balaban J connectivity index is 1.53. The van der Waals surface area contributed by atoms with E-state index in [-0.39, 0.29) is 24.8 Å². The van der Waals surface area contributed by atoms with Crippen LogP contribution < -0.4 is 10.6 Å². The van der Waals surface area contributed by atoms with Crippen molar-refractivity contribution >= 4 is 34.4 Å². The summed E-state index contributed by atoms with van der Waals surface area (Å²) in [6, 6.07) is 9.16. The van der Waals surface area contributed by atoms with Crippen molar-refractivity contribution in [1.82, 2.24) is 15.2 Å². The molecule has 1 aromatic carbocycles. The topological polar surface area (TPSA) is 91.4 Å². The van der Waals surface area contributed by atoms with Crippen molar-refractivity contribution in [2.24, 2.45) is 0 Å². The number of anilines is 1. The van der Waals surface area contributed by atoms with Crippen LogP contribution in [0.2, 0.25) is 0 Å². The zero-order valence-corrected chi connectivity index (χ0v) is 14.2. The summed E-state index contributed by atoms with van der Waals surface area (Å²) in [6.45, 7) is 3.53. The number of benzene rings is 1. The van der Waals surface area contributed by atoms with Gasteiger partial charge in [-0.3, -0.25) is 14.5 Å². The molecule has 0 saturated carbocycles. The molecular formula is C18H20N4O3. The first-order valence-electron chi connectivity index (χ1n) is 8.15. The second kappa shape index (κ2) is 6.51. The van der Waals surface area contributed by atoms with Gasteiger partial charge in [-0.1, -0.05) is 24.3 Å². The lowest BCUT2D eigenvalue weighted by atomic mass is 10.1. The number of carbonyl (C=O) groups excluding carboxylic acids is 3. The van der Waals surface area contributed by atoms with Crippen LogP contribution in [0.1, 0.15) is 26.7 Å². The predicted octanol–water partition coefficient (Wildman–Crippen LogP) is 2.28. The molecule has 0 aliphatic carbocycles. The molecule has 2 aromatic rings. The Morgan fingerprint density at radius 1 is 1.24 bits per heavy atom. The fourth-order valence-corrected chi connectivity index (χ4v) is 2.78. The van der Waals surface area contributed by atoms with Crippen LogP contribution in [0.5, 0.6) is 0 Å². The van der Waals surface area contributed by atoms with Crippen molar-refractivity contribution in [2.45, 2.75) is 32.2 Å². The number of amides is 4. The number of pyridine rings is 1. The molecule has 1 saturated heterocycles. The lowest BCUT2D eigenvalue weighted by molar-refractivity contribution is -0.130. The van der Waals surface area contributed by atoms with Crippen LogP contribution in [0.15, 0.2) is 36.5 Å². The molecule has 1 fully saturated rings. The second-order valence-corrected chi connectivity index (χ2v) is 6.58. The molecule has 0 atom stereocenters. The highest BCUT2D eigenvalue weighted by Crippen LogP contribution is 2.18. The number of nitrogens with zero attached hydrogens (tertiary/aromatic N) is 2. The molecule has 0 radical (unpaired) electrons. The van der Waals surface area contributed by atoms with E-state index in [0.717, 1.165) is 15.7 Å². The third-order valence-electron chi connectivity index (χ3n) is 4.13. The molecule has 1 aliphatic rings. The largest absolute Gasteiger partial charge is 0.325 e. The smallest absolute Gasteiger partial charge is 0.324 e. The number of hydrogen-bond acceptors (Lipinski definition) is 4. The monoisotopic (exact) mass is 340 g/mol. The molecule has 2 heterocycles. The molecule has 2 N–H and O–H groups in total. The van der Waals surface area contributed by atoms with Crippen LogP contribution in [-0.4, -0.2) is 39.8 Å². The van der Waals surface area contributed by atoms with Crippen molar-refractivity contribution in [3.05, 3.63) is 36.5 Å². The van der Waals surface area contributed by atoms with Crippen molar-refractivity contribution in [1.29, 1.82) is 0 Å². The van der Waals surface area contributed by atoms with E-state index in [1.165, 1.54) is 0 Å². The van der Waals surface area contributed by atoms with E-state index >= 15 is 0 Å². The van der Waals surface area contributed by atoms with E-state index < -0.39 is 11.6 Å². The first-order chi connectivity index (χ1) is 11.9. The highest BCUT2D eigenvalue weighted by atomic mass is 16.2. The molecule has 0 spiro atoms. The van der Waals surface area contributed by atoms with Gasteiger partial charge in [0.25, 0.3) is 5.91 Å². The zero-order valence-electron chi connectivity index (χ0n) is 14.2. The molecule has 7 nitrogen and oxygen atoms in total. The number of nitrogens with one attached hydrogen (secondary N) is 2. The SMILES string of the molecule is CC1(C)NC(=O)N(CCCC(=O)Nc2cc3ccccc3cn2)C1=O. The maximum absolute atomic E-state index is 12.1. The van der Waals surface area contributed by atoms with Gasteiger partial charge in [0.2, 0.25) is 5.91 Å². The first kappa shape index (κ1) is 16.9. The molecule has 130 valence electrons. The number of aromatic nitrogens is 1. The van der Waals surface area contributed by atoms with Crippen LogP contribution in [0.25, 0.3) is 10.8 Å². The van der Waals surface area contributed by atoms with Crippen molar-refractivity contribution in [3.8, 4) is 0 Å². The fraction of sp³-hybridized carbons (Fsp3) is 0.333. The van der Waals surface area contributed by atoms with Crippen molar-refractivity contribution in [2.75, 3.05) is 11.9 Å². The van der Waals surface area contributed by atoms with Gasteiger partial charge in [0.1, 0.15) is 11.4 Å². The number of rotatable bonds is 5. The Kier molecular flexibility index (Phi) is 4.39. The third kappa shape index (κ3) is 3.60. The zero-order chi connectivity index (χ0) is 18.0. The van der Waals surface area contributed by atoms with Gasteiger partial charge in [-0.15, -0.1) is 0 Å². The highest BCUT2D eigenvalue weighted by Gasteiger charge is 2.43. The number of fused-ring (bicyclic) bond motifs is 1. The van der Waals surface area contributed by atoms with E-state index in [0.29, 0.717) is 12.2 Å². The lowest BCUT2D eigenvalue weighted by Gasteiger charge is -2.15. The average Bonchev–Trinajstić information content (AvgIpc) is 2.76. The maximum atomic E-state index is 12.1. The van der Waals surface area contributed by atoms with E-state index in [9.17, 15) is 14.4 Å². The van der Waals surface area contributed by atoms with Gasteiger partial charge < -0.3 is 10.6 Å². The van der Waals surface area contributed by atoms with Gasteiger partial charge in [0.05, 0.1) is 0 Å². The Bertz CT molecular complexity index is 847. The van der Waals surface area contributed by atoms with E-state index in [4.69, 9.17) is 0 Å². The molecule has 25 heavy (non-hydrogen) atoms. The predicted molar refractivity (Wildman–Crippen MR) is 93.9 cm³/mol. The molecule has 4 amide bonds. The quantitative estimate of drug-likeness (QED) is 0.817. The minimum atomic E-state index is -0.881. The fourth-order valence-electron chi connectivity index (χ4n) is 2.78. The Morgan fingerprint density at radius 2 is 1.96 bits per heavy atom. The van der Waals surface area contributed by atoms with Gasteiger partial charge in [-0.2, -0.15) is 0 Å². The number of urea groups is 1. The molecule has 3 rings (SSSR count). The summed E-state index contributed by atoms with van der Waals surface area (Å²) in [7, 11) is 0. The van der Waals surface area contributed by atoms with Crippen LogP contribution in [0, 0.1) is 0 Å². The minimum absolute atomic E-state index is 0.200. The van der Waals surface area contributed by atoms with Gasteiger partial charge in [0.15, 0.2) is 0 Å². The van der Waals surface area contributed by atoms with E-state index in [2.05, 4.69) is 15.6 Å². The van der Waals surface area contributed by atoms with Crippen molar-refractivity contribution < 1.29 is 14.4 Å². The molecule has 7 heteroatoms. The molecule has 0 unspecified atom stereocenters. The summed E-state index contributed by atoms with van der Waals surface area (Å²) < 4.78 is 0. The summed E-state index contributed by atoms with van der Waals surface area (Å²) in [5.41, 5.74) is -0.881. The standard InChI is InChI=1S/C18H20N4O3/c1-18(2)16(24)22(17(25)21-18)9-5-8-15(23)20-14-10-12-6-3-4-7-13(12)11-19-14/h3-4,6-7,10-11H,5,8-9H2,1-2H3,(H,21,25)(H,19,20,23). The van der Waals surface area contributed by atoms with Gasteiger partial charge >= 0.3 is 6.03 Å². The molecule has 0 bridgehead atoms. The van der Waals surface area contributed by atoms with Crippen LogP contribution in [-0.2, 0) is 9.59 Å². The average molecular weight is 340 g/mol. The summed E-state index contributed by atoms with van der Waals surface area (Å²) in [4.78, 5) is 41.3. The molecule has 1 aromatic heterocycles. The number of hydrogen-bond donors (Lipinski definition) is 2. The van der Waals surface area contributed by atoms with Crippen LogP contribution in [0.3, 0.4) is 0 Å². The van der Waals surface area contributed by atoms with Crippen LogP contribution in [0.4, 0.5) is 10.6 Å². The van der Waals surface area contributed by atoms with Gasteiger partial charge in [-0.25, -0.2) is 9.78 Å². The Morgan fingerprint density at radius 3 is 2.64 bits per heavy atom. The second-order valence-electron chi connectivity index (χ2n) is 6.58. The summed E-state index contributed by atoms with van der Waals surface area (Å²) in [5.74, 6) is 0.0167. The van der Waals surface area contributed by atoms with Gasteiger partial charge in [0, 0.05) is 24.5 Å². The number of carbonyl (C=O) groups is 3. The lowest BCUT2D eigenvalue weighted by Crippen LogP contribution is -2.40. The Labute approximate surface area is 145 Å². The van der Waals surface area contributed by atoms with Crippen LogP contribution >= 0.6 is 0 Å². The molecular weight excluding hydrogens is 320 g/mol. The minimum Gasteiger partial charge on any atom is -0.324 e. The third-order valence-corrected chi connectivity index (χ3v) is 4.13. The highest BCUT2D eigenvalue weighted by molar-refractivity contribution is 6.06. The summed E-state index contributed by atoms with van der Waals surface area (Å²) in [6.07, 6.45) is 2.31. The maximum Gasteiger partial charge on any atom is 0.325 e. The van der Waals surface area contributed by atoms with E-state index in [1.807, 2.05) is 30.3 Å². The summed E-state index contributed by atoms with van der Waals surface area (Å²) >= 11 is 0. The summed E-state index contributed by atoms with van der Waals surface area (Å²) in [5, 5.41) is 7.36. The first-order valence-corrected chi connectivity index (χ1v) is 8.15. The molecule has 1 aliphatic heterocycles. The number of imide groups is 1. The normalized spacial score (nSPS) is 16.2.